The maximum absolute atomic E-state index is 7.47. The van der Waals surface area contributed by atoms with Crippen molar-refractivity contribution >= 4 is 16.9 Å². The summed E-state index contributed by atoms with van der Waals surface area (Å²) >= 11 is 0. The molecule has 2 aromatic carbocycles. The van der Waals surface area contributed by atoms with E-state index in [0.717, 1.165) is 28.7 Å². The quantitative estimate of drug-likeness (QED) is 0.564. The Bertz CT molecular complexity index is 786. The van der Waals surface area contributed by atoms with Crippen LogP contribution < -0.4 is 5.73 Å². The van der Waals surface area contributed by atoms with Gasteiger partial charge in [0.1, 0.15) is 5.84 Å². The molecule has 0 amide bonds. The molecule has 4 heteroatoms. The molecule has 0 fully saturated rings. The van der Waals surface area contributed by atoms with Crippen LogP contribution in [0.4, 0.5) is 0 Å². The fourth-order valence-electron chi connectivity index (χ4n) is 2.36. The van der Waals surface area contributed by atoms with Crippen LogP contribution in [0.5, 0.6) is 0 Å². The van der Waals surface area contributed by atoms with Crippen LogP contribution in [0.15, 0.2) is 48.8 Å². The molecule has 1 aromatic heterocycles. The predicted molar refractivity (Wildman–Crippen MR) is 81.0 cm³/mol. The number of fused-ring (bicyclic) bond motifs is 1. The Labute approximate surface area is 117 Å². The summed E-state index contributed by atoms with van der Waals surface area (Å²) in [7, 11) is 0. The van der Waals surface area contributed by atoms with E-state index in [-0.39, 0.29) is 5.84 Å². The number of para-hydroxylation sites is 2. The molecule has 0 atom stereocenters. The van der Waals surface area contributed by atoms with E-state index in [2.05, 4.69) is 15.6 Å². The van der Waals surface area contributed by atoms with Crippen LogP contribution in [0.3, 0.4) is 0 Å². The molecule has 0 radical (unpaired) electrons. The maximum atomic E-state index is 7.47. The minimum Gasteiger partial charge on any atom is -0.384 e. The molecule has 20 heavy (non-hydrogen) atoms. The first-order chi connectivity index (χ1) is 9.65. The Kier molecular flexibility index (Phi) is 2.99. The number of nitrogen functional groups attached to an aromatic ring is 1. The third kappa shape index (κ3) is 2.16. The summed E-state index contributed by atoms with van der Waals surface area (Å²) in [4.78, 5) is 4.40. The van der Waals surface area contributed by atoms with Gasteiger partial charge >= 0.3 is 0 Å². The van der Waals surface area contributed by atoms with E-state index < -0.39 is 0 Å². The van der Waals surface area contributed by atoms with Gasteiger partial charge in [-0.1, -0.05) is 24.3 Å². The number of aryl methyl sites for hydroxylation is 1. The zero-order valence-electron chi connectivity index (χ0n) is 11.3. The Balaban J connectivity index is 1.97. The van der Waals surface area contributed by atoms with Gasteiger partial charge in [-0.25, -0.2) is 4.98 Å². The summed E-state index contributed by atoms with van der Waals surface area (Å²) < 4.78 is 2.13. The van der Waals surface area contributed by atoms with Crippen molar-refractivity contribution < 1.29 is 0 Å². The zero-order chi connectivity index (χ0) is 14.1. The molecule has 1 heterocycles. The summed E-state index contributed by atoms with van der Waals surface area (Å²) in [5, 5.41) is 7.47. The molecule has 0 bridgehead atoms. The van der Waals surface area contributed by atoms with E-state index in [1.54, 1.807) is 0 Å². The number of nitrogens with two attached hydrogens (primary N) is 1. The van der Waals surface area contributed by atoms with E-state index in [9.17, 15) is 0 Å². The highest BCUT2D eigenvalue weighted by molar-refractivity contribution is 5.95. The lowest BCUT2D eigenvalue weighted by molar-refractivity contribution is 0.818. The Morgan fingerprint density at radius 2 is 2.05 bits per heavy atom. The predicted octanol–water partition coefficient (Wildman–Crippen LogP) is 2.68. The standard InChI is InChI=1S/C16H16N4/c1-11-8-12(16(17)18)6-7-13(11)9-20-10-19-14-4-2-3-5-15(14)20/h2-8,10H,9H2,1H3,(H3,17,18). The van der Waals surface area contributed by atoms with Crippen molar-refractivity contribution in [1.82, 2.24) is 9.55 Å². The average Bonchev–Trinajstić information content (AvgIpc) is 2.84. The minimum atomic E-state index is 0.104. The second kappa shape index (κ2) is 4.81. The number of hydrogen-bond donors (Lipinski definition) is 2. The van der Waals surface area contributed by atoms with Gasteiger partial charge in [-0.2, -0.15) is 0 Å². The fourth-order valence-corrected chi connectivity index (χ4v) is 2.36. The maximum Gasteiger partial charge on any atom is 0.122 e. The van der Waals surface area contributed by atoms with Gasteiger partial charge in [-0.3, -0.25) is 5.41 Å². The number of aromatic nitrogens is 2. The van der Waals surface area contributed by atoms with Crippen molar-refractivity contribution in [3.05, 3.63) is 65.5 Å². The topological polar surface area (TPSA) is 67.7 Å². The Morgan fingerprint density at radius 3 is 2.80 bits per heavy atom. The summed E-state index contributed by atoms with van der Waals surface area (Å²) in [6.45, 7) is 2.81. The first-order valence-corrected chi connectivity index (χ1v) is 6.49. The van der Waals surface area contributed by atoms with Gasteiger partial charge in [0.05, 0.1) is 17.4 Å². The lowest BCUT2D eigenvalue weighted by Crippen LogP contribution is -2.11. The van der Waals surface area contributed by atoms with Crippen molar-refractivity contribution in [3.63, 3.8) is 0 Å². The summed E-state index contributed by atoms with van der Waals surface area (Å²) in [5.41, 5.74) is 10.8. The molecule has 4 nitrogen and oxygen atoms in total. The highest BCUT2D eigenvalue weighted by Gasteiger charge is 2.06. The van der Waals surface area contributed by atoms with Crippen LogP contribution in [-0.2, 0) is 6.54 Å². The molecule has 100 valence electrons. The van der Waals surface area contributed by atoms with Gasteiger partial charge in [0.25, 0.3) is 0 Å². The zero-order valence-corrected chi connectivity index (χ0v) is 11.3. The monoisotopic (exact) mass is 264 g/mol. The number of imidazole rings is 1. The van der Waals surface area contributed by atoms with Gasteiger partial charge in [-0.15, -0.1) is 0 Å². The van der Waals surface area contributed by atoms with E-state index in [1.807, 2.05) is 49.6 Å². The highest BCUT2D eigenvalue weighted by atomic mass is 15.0. The molecule has 0 aliphatic rings. The smallest absolute Gasteiger partial charge is 0.122 e. The van der Waals surface area contributed by atoms with E-state index in [4.69, 9.17) is 11.1 Å². The van der Waals surface area contributed by atoms with Crippen LogP contribution >= 0.6 is 0 Å². The molecule has 3 N–H and O–H groups in total. The number of benzene rings is 2. The van der Waals surface area contributed by atoms with E-state index in [0.29, 0.717) is 0 Å². The number of rotatable bonds is 3. The molecular weight excluding hydrogens is 248 g/mol. The second-order valence-corrected chi connectivity index (χ2v) is 4.92. The van der Waals surface area contributed by atoms with Crippen LogP contribution in [0, 0.1) is 12.3 Å². The summed E-state index contributed by atoms with van der Waals surface area (Å²) in [6.07, 6.45) is 1.86. The molecule has 3 rings (SSSR count). The average molecular weight is 264 g/mol. The molecule has 0 aliphatic heterocycles. The second-order valence-electron chi connectivity index (χ2n) is 4.92. The highest BCUT2D eigenvalue weighted by Crippen LogP contribution is 2.17. The van der Waals surface area contributed by atoms with Gasteiger partial charge in [0, 0.05) is 12.1 Å². The van der Waals surface area contributed by atoms with E-state index in [1.165, 1.54) is 5.56 Å². The normalized spacial score (nSPS) is 10.8. The van der Waals surface area contributed by atoms with Crippen molar-refractivity contribution in [2.45, 2.75) is 13.5 Å². The number of amidine groups is 1. The first-order valence-electron chi connectivity index (χ1n) is 6.49. The lowest BCUT2D eigenvalue weighted by atomic mass is 10.0. The van der Waals surface area contributed by atoms with Crippen molar-refractivity contribution in [2.75, 3.05) is 0 Å². The lowest BCUT2D eigenvalue weighted by Gasteiger charge is -2.09. The van der Waals surface area contributed by atoms with Crippen molar-refractivity contribution in [1.29, 1.82) is 5.41 Å². The number of nitrogens with one attached hydrogen (secondary N) is 1. The minimum absolute atomic E-state index is 0.104. The van der Waals surface area contributed by atoms with Gasteiger partial charge in [0.15, 0.2) is 0 Å². The van der Waals surface area contributed by atoms with Gasteiger partial charge in [-0.05, 0) is 36.2 Å². The van der Waals surface area contributed by atoms with Crippen LogP contribution in [0.1, 0.15) is 16.7 Å². The fraction of sp³-hybridized carbons (Fsp3) is 0.125. The number of nitrogens with zero attached hydrogens (tertiary/aromatic N) is 2. The first kappa shape index (κ1) is 12.4. The molecule has 0 unspecified atom stereocenters. The number of hydrogen-bond acceptors (Lipinski definition) is 2. The molecule has 3 aromatic rings. The molecule has 0 spiro atoms. The SMILES string of the molecule is Cc1cc(C(=N)N)ccc1Cn1cnc2ccccc21. The molecule has 0 aliphatic carbocycles. The molecule has 0 saturated heterocycles. The summed E-state index contributed by atoms with van der Waals surface area (Å²) in [6, 6.07) is 14.0. The third-order valence-electron chi connectivity index (χ3n) is 3.52. The van der Waals surface area contributed by atoms with Gasteiger partial charge in [0.2, 0.25) is 0 Å². The van der Waals surface area contributed by atoms with Crippen LogP contribution in [0.25, 0.3) is 11.0 Å². The molecular formula is C16H16N4. The third-order valence-corrected chi connectivity index (χ3v) is 3.52. The largest absolute Gasteiger partial charge is 0.384 e. The van der Waals surface area contributed by atoms with Crippen molar-refractivity contribution in [2.24, 2.45) is 5.73 Å². The van der Waals surface area contributed by atoms with Gasteiger partial charge < -0.3 is 10.3 Å². The molecule has 0 saturated carbocycles. The Hall–Kier alpha value is -2.62. The van der Waals surface area contributed by atoms with Crippen molar-refractivity contribution in [3.8, 4) is 0 Å². The van der Waals surface area contributed by atoms with Crippen LogP contribution in [0.2, 0.25) is 0 Å². The summed E-state index contributed by atoms with van der Waals surface area (Å²) in [5.74, 6) is 0.104. The van der Waals surface area contributed by atoms with Crippen LogP contribution in [-0.4, -0.2) is 15.4 Å². The Morgan fingerprint density at radius 1 is 1.25 bits per heavy atom. The van der Waals surface area contributed by atoms with E-state index >= 15 is 0 Å².